The van der Waals surface area contributed by atoms with Gasteiger partial charge in [0.2, 0.25) is 0 Å². The summed E-state index contributed by atoms with van der Waals surface area (Å²) in [5, 5.41) is 5.18. The number of pyridine rings is 1. The molecule has 3 heterocycles. The van der Waals surface area contributed by atoms with Crippen LogP contribution in [0.5, 0.6) is 0 Å². The first-order valence-corrected chi connectivity index (χ1v) is 7.71. The van der Waals surface area contributed by atoms with E-state index in [1.165, 1.54) is 7.11 Å². The molecular weight excluding hydrogens is 318 g/mol. The second-order valence-corrected chi connectivity index (χ2v) is 5.69. The predicted molar refractivity (Wildman–Crippen MR) is 93.0 cm³/mol. The molecule has 4 rings (SSSR count). The van der Waals surface area contributed by atoms with Crippen LogP contribution in [-0.4, -0.2) is 27.8 Å². The fourth-order valence-electron chi connectivity index (χ4n) is 2.74. The molecule has 6 heteroatoms. The molecule has 1 aromatic carbocycles. The SMILES string of the molecule is COC(=O)c1cc(-c2cc3cc(-c4cnn(C)c4)ccc3o2)ccn1. The first kappa shape index (κ1) is 15.1. The Morgan fingerprint density at radius 3 is 2.76 bits per heavy atom. The van der Waals surface area contributed by atoms with Crippen LogP contribution < -0.4 is 0 Å². The minimum Gasteiger partial charge on any atom is -0.464 e. The summed E-state index contributed by atoms with van der Waals surface area (Å²) in [6.45, 7) is 0. The smallest absolute Gasteiger partial charge is 0.356 e. The normalized spacial score (nSPS) is 11.0. The maximum absolute atomic E-state index is 11.6. The van der Waals surface area contributed by atoms with Crippen molar-refractivity contribution in [3.63, 3.8) is 0 Å². The van der Waals surface area contributed by atoms with E-state index in [1.807, 2.05) is 37.6 Å². The Balaban J connectivity index is 1.75. The van der Waals surface area contributed by atoms with Gasteiger partial charge in [-0.1, -0.05) is 6.07 Å². The van der Waals surface area contributed by atoms with E-state index in [4.69, 9.17) is 9.15 Å². The second kappa shape index (κ2) is 5.90. The lowest BCUT2D eigenvalue weighted by Crippen LogP contribution is -2.03. The van der Waals surface area contributed by atoms with Gasteiger partial charge < -0.3 is 9.15 Å². The molecule has 0 N–H and O–H groups in total. The highest BCUT2D eigenvalue weighted by molar-refractivity contribution is 5.90. The number of furan rings is 1. The Hall–Kier alpha value is -3.41. The lowest BCUT2D eigenvalue weighted by molar-refractivity contribution is 0.0594. The molecule has 3 aromatic heterocycles. The number of esters is 1. The fourth-order valence-corrected chi connectivity index (χ4v) is 2.74. The minimum absolute atomic E-state index is 0.247. The summed E-state index contributed by atoms with van der Waals surface area (Å²) in [6, 6.07) is 11.4. The Labute approximate surface area is 143 Å². The van der Waals surface area contributed by atoms with Gasteiger partial charge in [-0.15, -0.1) is 0 Å². The van der Waals surface area contributed by atoms with Gasteiger partial charge in [-0.25, -0.2) is 9.78 Å². The maximum Gasteiger partial charge on any atom is 0.356 e. The zero-order chi connectivity index (χ0) is 17.4. The van der Waals surface area contributed by atoms with Gasteiger partial charge in [0.05, 0.1) is 13.3 Å². The number of carbonyl (C=O) groups is 1. The molecule has 0 aliphatic heterocycles. The van der Waals surface area contributed by atoms with Crippen molar-refractivity contribution in [2.45, 2.75) is 0 Å². The van der Waals surface area contributed by atoms with Gasteiger partial charge in [-0.2, -0.15) is 5.10 Å². The number of hydrogen-bond donors (Lipinski definition) is 0. The van der Waals surface area contributed by atoms with Crippen LogP contribution in [0.2, 0.25) is 0 Å². The number of aromatic nitrogens is 3. The molecule has 0 atom stereocenters. The molecule has 0 unspecified atom stereocenters. The van der Waals surface area contributed by atoms with E-state index in [0.29, 0.717) is 5.76 Å². The molecule has 0 saturated heterocycles. The van der Waals surface area contributed by atoms with Gasteiger partial charge in [-0.3, -0.25) is 4.68 Å². The summed E-state index contributed by atoms with van der Waals surface area (Å²) < 4.78 is 12.4. The van der Waals surface area contributed by atoms with Crippen molar-refractivity contribution in [2.75, 3.05) is 7.11 Å². The van der Waals surface area contributed by atoms with E-state index in [0.717, 1.165) is 27.7 Å². The van der Waals surface area contributed by atoms with Gasteiger partial charge >= 0.3 is 5.97 Å². The molecule has 0 aliphatic rings. The molecule has 0 fully saturated rings. The van der Waals surface area contributed by atoms with E-state index >= 15 is 0 Å². The Kier molecular flexibility index (Phi) is 3.57. The lowest BCUT2D eigenvalue weighted by Gasteiger charge is -2.00. The number of hydrogen-bond acceptors (Lipinski definition) is 5. The van der Waals surface area contributed by atoms with Crippen LogP contribution >= 0.6 is 0 Å². The third kappa shape index (κ3) is 2.78. The molecule has 6 nitrogen and oxygen atoms in total. The number of ether oxygens (including phenoxy) is 1. The Morgan fingerprint density at radius 2 is 2.00 bits per heavy atom. The van der Waals surface area contributed by atoms with Crippen LogP contribution in [0.25, 0.3) is 33.4 Å². The summed E-state index contributed by atoms with van der Waals surface area (Å²) in [5.74, 6) is 0.197. The highest BCUT2D eigenvalue weighted by atomic mass is 16.5. The monoisotopic (exact) mass is 333 g/mol. The topological polar surface area (TPSA) is 70.2 Å². The summed E-state index contributed by atoms with van der Waals surface area (Å²) in [4.78, 5) is 15.7. The van der Waals surface area contributed by atoms with Crippen molar-refractivity contribution in [1.82, 2.24) is 14.8 Å². The quantitative estimate of drug-likeness (QED) is 0.535. The minimum atomic E-state index is -0.475. The lowest BCUT2D eigenvalue weighted by atomic mass is 10.1. The van der Waals surface area contributed by atoms with Gasteiger partial charge in [0, 0.05) is 36.0 Å². The van der Waals surface area contributed by atoms with Crippen molar-refractivity contribution in [1.29, 1.82) is 0 Å². The highest BCUT2D eigenvalue weighted by Crippen LogP contribution is 2.31. The molecule has 0 radical (unpaired) electrons. The largest absolute Gasteiger partial charge is 0.464 e. The van der Waals surface area contributed by atoms with Gasteiger partial charge in [0.15, 0.2) is 0 Å². The standard InChI is InChI=1S/C19H15N3O3/c1-22-11-15(10-21-22)12-3-4-17-14(7-12)9-18(25-17)13-5-6-20-16(8-13)19(23)24-2/h3-11H,1-2H3. The second-order valence-electron chi connectivity index (χ2n) is 5.69. The van der Waals surface area contributed by atoms with Gasteiger partial charge in [0.1, 0.15) is 17.0 Å². The zero-order valence-corrected chi connectivity index (χ0v) is 13.8. The molecule has 0 saturated carbocycles. The van der Waals surface area contributed by atoms with Crippen molar-refractivity contribution in [2.24, 2.45) is 7.05 Å². The molecule has 0 aliphatic carbocycles. The zero-order valence-electron chi connectivity index (χ0n) is 13.8. The first-order valence-electron chi connectivity index (χ1n) is 7.71. The van der Waals surface area contributed by atoms with Crippen LogP contribution in [0.3, 0.4) is 0 Å². The number of fused-ring (bicyclic) bond motifs is 1. The molecule has 25 heavy (non-hydrogen) atoms. The molecular formula is C19H15N3O3. The maximum atomic E-state index is 11.6. The van der Waals surface area contributed by atoms with Crippen molar-refractivity contribution in [3.8, 4) is 22.5 Å². The van der Waals surface area contributed by atoms with Crippen LogP contribution in [-0.2, 0) is 11.8 Å². The van der Waals surface area contributed by atoms with Crippen LogP contribution in [0.4, 0.5) is 0 Å². The van der Waals surface area contributed by atoms with E-state index in [1.54, 1.807) is 23.0 Å². The van der Waals surface area contributed by atoms with Crippen LogP contribution in [0, 0.1) is 0 Å². The number of benzene rings is 1. The third-order valence-corrected chi connectivity index (χ3v) is 3.99. The number of methoxy groups -OCH3 is 1. The molecule has 0 bridgehead atoms. The fraction of sp³-hybridized carbons (Fsp3) is 0.105. The average Bonchev–Trinajstić information content (AvgIpc) is 3.26. The Morgan fingerprint density at radius 1 is 1.12 bits per heavy atom. The molecule has 0 spiro atoms. The summed E-state index contributed by atoms with van der Waals surface area (Å²) in [5.41, 5.74) is 3.91. The van der Waals surface area contributed by atoms with E-state index in [2.05, 4.69) is 16.1 Å². The first-order chi connectivity index (χ1) is 12.1. The van der Waals surface area contributed by atoms with E-state index in [-0.39, 0.29) is 5.69 Å². The van der Waals surface area contributed by atoms with Crippen molar-refractivity contribution >= 4 is 16.9 Å². The molecule has 4 aromatic rings. The number of rotatable bonds is 3. The third-order valence-electron chi connectivity index (χ3n) is 3.99. The van der Waals surface area contributed by atoms with E-state index < -0.39 is 5.97 Å². The predicted octanol–water partition coefficient (Wildman–Crippen LogP) is 3.68. The summed E-state index contributed by atoms with van der Waals surface area (Å²) in [7, 11) is 3.22. The van der Waals surface area contributed by atoms with E-state index in [9.17, 15) is 4.79 Å². The van der Waals surface area contributed by atoms with Crippen molar-refractivity contribution in [3.05, 3.63) is 60.7 Å². The molecule has 124 valence electrons. The Bertz CT molecular complexity index is 1080. The van der Waals surface area contributed by atoms with Crippen LogP contribution in [0.15, 0.2) is 59.4 Å². The summed E-state index contributed by atoms with van der Waals surface area (Å²) in [6.07, 6.45) is 5.36. The number of carbonyl (C=O) groups excluding carboxylic acids is 1. The highest BCUT2D eigenvalue weighted by Gasteiger charge is 2.12. The number of nitrogens with zero attached hydrogens (tertiary/aromatic N) is 3. The summed E-state index contributed by atoms with van der Waals surface area (Å²) >= 11 is 0. The number of aryl methyl sites for hydroxylation is 1. The van der Waals surface area contributed by atoms with Gasteiger partial charge in [0.25, 0.3) is 0 Å². The van der Waals surface area contributed by atoms with Crippen LogP contribution in [0.1, 0.15) is 10.5 Å². The average molecular weight is 333 g/mol. The van der Waals surface area contributed by atoms with Gasteiger partial charge in [-0.05, 0) is 35.9 Å². The van der Waals surface area contributed by atoms with Crippen molar-refractivity contribution < 1.29 is 13.9 Å². The molecule has 0 amide bonds.